The van der Waals surface area contributed by atoms with Crippen molar-refractivity contribution < 1.29 is 14.7 Å². The monoisotopic (exact) mass is 292 g/mol. The Morgan fingerprint density at radius 1 is 1.48 bits per heavy atom. The van der Waals surface area contributed by atoms with Gasteiger partial charge >= 0.3 is 0 Å². The van der Waals surface area contributed by atoms with Gasteiger partial charge in [-0.15, -0.1) is 0 Å². The summed E-state index contributed by atoms with van der Waals surface area (Å²) in [7, 11) is 0. The minimum atomic E-state index is -0.702. The number of hydrogen-bond acceptors (Lipinski definition) is 4. The van der Waals surface area contributed by atoms with Gasteiger partial charge in [0.05, 0.1) is 11.8 Å². The molecule has 0 radical (unpaired) electrons. The molecule has 2 unspecified atom stereocenters. The fourth-order valence-corrected chi connectivity index (χ4v) is 2.56. The second kappa shape index (κ2) is 5.48. The van der Waals surface area contributed by atoms with Gasteiger partial charge in [0.25, 0.3) is 5.91 Å². The highest BCUT2D eigenvalue weighted by Gasteiger charge is 2.34. The molecule has 0 spiro atoms. The molecule has 2 amide bonds. The Balaban J connectivity index is 1.56. The van der Waals surface area contributed by atoms with Gasteiger partial charge in [-0.2, -0.15) is 5.10 Å². The third-order valence-corrected chi connectivity index (χ3v) is 4.03. The lowest BCUT2D eigenvalue weighted by atomic mass is 10.2. The highest BCUT2D eigenvalue weighted by Crippen LogP contribution is 2.29. The zero-order valence-corrected chi connectivity index (χ0v) is 12.0. The first kappa shape index (κ1) is 14.1. The number of H-pyrrole nitrogens is 1. The smallest absolute Gasteiger partial charge is 0.271 e. The molecule has 2 fully saturated rings. The van der Waals surface area contributed by atoms with Gasteiger partial charge in [-0.3, -0.25) is 14.7 Å². The highest BCUT2D eigenvalue weighted by atomic mass is 16.3. The van der Waals surface area contributed by atoms with Crippen LogP contribution in [0.25, 0.3) is 0 Å². The molecule has 7 heteroatoms. The lowest BCUT2D eigenvalue weighted by Gasteiger charge is -2.16. The minimum absolute atomic E-state index is 0.0428. The Labute approximate surface area is 122 Å². The molecular formula is C14H20N4O3. The topological polar surface area (TPSA) is 98.3 Å². The van der Waals surface area contributed by atoms with Crippen molar-refractivity contribution in [2.24, 2.45) is 5.92 Å². The fraction of sp³-hybridized carbons (Fsp3) is 0.643. The van der Waals surface area contributed by atoms with E-state index < -0.39 is 6.10 Å². The second-order valence-corrected chi connectivity index (χ2v) is 5.90. The van der Waals surface area contributed by atoms with E-state index in [4.69, 9.17) is 0 Å². The summed E-state index contributed by atoms with van der Waals surface area (Å²) in [4.78, 5) is 25.8. The van der Waals surface area contributed by atoms with Crippen molar-refractivity contribution in [2.45, 2.75) is 38.3 Å². The van der Waals surface area contributed by atoms with Crippen LogP contribution >= 0.6 is 0 Å². The van der Waals surface area contributed by atoms with Crippen molar-refractivity contribution in [2.75, 3.05) is 13.1 Å². The van der Waals surface area contributed by atoms with E-state index in [9.17, 15) is 14.7 Å². The minimum Gasteiger partial charge on any atom is -0.387 e. The van der Waals surface area contributed by atoms with Crippen molar-refractivity contribution in [1.82, 2.24) is 20.4 Å². The van der Waals surface area contributed by atoms with Crippen molar-refractivity contribution in [1.29, 1.82) is 0 Å². The number of likely N-dealkylation sites (tertiary alicyclic amines) is 1. The summed E-state index contributed by atoms with van der Waals surface area (Å²) in [5.74, 6) is 0.167. The maximum Gasteiger partial charge on any atom is 0.271 e. The summed E-state index contributed by atoms with van der Waals surface area (Å²) in [6.45, 7) is 2.75. The van der Waals surface area contributed by atoms with E-state index in [2.05, 4.69) is 15.5 Å². The van der Waals surface area contributed by atoms with Gasteiger partial charge in [0.1, 0.15) is 5.69 Å². The number of aliphatic hydroxyl groups excluding tert-OH is 1. The number of rotatable bonds is 4. The van der Waals surface area contributed by atoms with Gasteiger partial charge in [-0.25, -0.2) is 0 Å². The maximum absolute atomic E-state index is 12.3. The first-order chi connectivity index (χ1) is 10.0. The largest absolute Gasteiger partial charge is 0.387 e. The van der Waals surface area contributed by atoms with E-state index >= 15 is 0 Å². The number of aromatic amines is 1. The van der Waals surface area contributed by atoms with Crippen LogP contribution in [-0.4, -0.2) is 51.1 Å². The van der Waals surface area contributed by atoms with Crippen LogP contribution in [-0.2, 0) is 4.79 Å². The normalized spacial score (nSPS) is 23.1. The molecule has 1 aliphatic heterocycles. The standard InChI is InChI=1S/C14H20N4O3/c1-8(19)11-6-12(17-16-11)14(21)18-5-4-10(7-18)15-13(20)9-2-3-9/h6,8-10,19H,2-5,7H2,1H3,(H,15,20)(H,16,17). The summed E-state index contributed by atoms with van der Waals surface area (Å²) < 4.78 is 0. The van der Waals surface area contributed by atoms with Crippen molar-refractivity contribution in [3.8, 4) is 0 Å². The number of carbonyl (C=O) groups excluding carboxylic acids is 2. The van der Waals surface area contributed by atoms with Crippen LogP contribution in [0.2, 0.25) is 0 Å². The van der Waals surface area contributed by atoms with Crippen LogP contribution in [0.15, 0.2) is 6.07 Å². The predicted octanol–water partition coefficient (Wildman–Crippen LogP) is 0.204. The van der Waals surface area contributed by atoms with Crippen LogP contribution in [0.1, 0.15) is 48.5 Å². The molecule has 2 aliphatic rings. The molecule has 3 rings (SSSR count). The van der Waals surface area contributed by atoms with E-state index in [0.29, 0.717) is 24.5 Å². The quantitative estimate of drug-likeness (QED) is 0.738. The molecule has 1 saturated heterocycles. The molecule has 2 heterocycles. The lowest BCUT2D eigenvalue weighted by molar-refractivity contribution is -0.122. The Bertz CT molecular complexity index is 550. The average Bonchev–Trinajstić information content (AvgIpc) is 3.01. The lowest BCUT2D eigenvalue weighted by Crippen LogP contribution is -2.39. The van der Waals surface area contributed by atoms with Gasteiger partial charge in [0.2, 0.25) is 5.91 Å². The predicted molar refractivity (Wildman–Crippen MR) is 74.4 cm³/mol. The number of nitrogens with one attached hydrogen (secondary N) is 2. The molecule has 1 aromatic heterocycles. The first-order valence-electron chi connectivity index (χ1n) is 7.37. The molecule has 21 heavy (non-hydrogen) atoms. The van der Waals surface area contributed by atoms with E-state index in [1.54, 1.807) is 17.9 Å². The van der Waals surface area contributed by atoms with Crippen molar-refractivity contribution >= 4 is 11.8 Å². The number of aromatic nitrogens is 2. The number of carbonyl (C=O) groups is 2. The van der Waals surface area contributed by atoms with Gasteiger partial charge < -0.3 is 15.3 Å². The average molecular weight is 292 g/mol. The van der Waals surface area contributed by atoms with Gasteiger partial charge in [0, 0.05) is 25.0 Å². The number of hydrogen-bond donors (Lipinski definition) is 3. The Morgan fingerprint density at radius 3 is 2.86 bits per heavy atom. The SMILES string of the molecule is CC(O)c1cc(C(=O)N2CCC(NC(=O)C3CC3)C2)[nH]n1. The molecule has 0 bridgehead atoms. The number of aliphatic hydroxyl groups is 1. The Morgan fingerprint density at radius 2 is 2.24 bits per heavy atom. The van der Waals surface area contributed by atoms with E-state index in [1.807, 2.05) is 0 Å². The van der Waals surface area contributed by atoms with Gasteiger partial charge in [-0.1, -0.05) is 0 Å². The molecule has 1 saturated carbocycles. The highest BCUT2D eigenvalue weighted by molar-refractivity contribution is 5.92. The summed E-state index contributed by atoms with van der Waals surface area (Å²) >= 11 is 0. The molecular weight excluding hydrogens is 272 g/mol. The van der Waals surface area contributed by atoms with Crippen LogP contribution in [0, 0.1) is 5.92 Å². The van der Waals surface area contributed by atoms with E-state index in [1.165, 1.54) is 0 Å². The Kier molecular flexibility index (Phi) is 3.67. The zero-order chi connectivity index (χ0) is 15.0. The third kappa shape index (κ3) is 3.07. The maximum atomic E-state index is 12.3. The summed E-state index contributed by atoms with van der Waals surface area (Å²) in [6.07, 6.45) is 2.04. The zero-order valence-electron chi connectivity index (χ0n) is 12.0. The third-order valence-electron chi connectivity index (χ3n) is 4.03. The molecule has 7 nitrogen and oxygen atoms in total. The molecule has 0 aromatic carbocycles. The van der Waals surface area contributed by atoms with Gasteiger partial charge in [0.15, 0.2) is 0 Å². The van der Waals surface area contributed by atoms with Crippen LogP contribution in [0.3, 0.4) is 0 Å². The molecule has 2 atom stereocenters. The number of nitrogens with zero attached hydrogens (tertiary/aromatic N) is 2. The van der Waals surface area contributed by atoms with Crippen molar-refractivity contribution in [3.05, 3.63) is 17.5 Å². The van der Waals surface area contributed by atoms with Crippen LogP contribution in [0.4, 0.5) is 0 Å². The number of amides is 2. The first-order valence-corrected chi connectivity index (χ1v) is 7.37. The van der Waals surface area contributed by atoms with Gasteiger partial charge in [-0.05, 0) is 32.3 Å². The molecule has 114 valence electrons. The van der Waals surface area contributed by atoms with E-state index in [0.717, 1.165) is 19.3 Å². The van der Waals surface area contributed by atoms with Crippen LogP contribution in [0.5, 0.6) is 0 Å². The van der Waals surface area contributed by atoms with Crippen molar-refractivity contribution in [3.63, 3.8) is 0 Å². The second-order valence-electron chi connectivity index (χ2n) is 5.90. The molecule has 3 N–H and O–H groups in total. The Hall–Kier alpha value is -1.89. The van der Waals surface area contributed by atoms with Crippen LogP contribution < -0.4 is 5.32 Å². The molecule has 1 aliphatic carbocycles. The van der Waals surface area contributed by atoms with E-state index in [-0.39, 0.29) is 23.8 Å². The summed E-state index contributed by atoms with van der Waals surface area (Å²) in [5.41, 5.74) is 0.830. The fourth-order valence-electron chi connectivity index (χ4n) is 2.56. The summed E-state index contributed by atoms with van der Waals surface area (Å²) in [5, 5.41) is 19.0. The summed E-state index contributed by atoms with van der Waals surface area (Å²) in [6, 6.07) is 1.62. The molecule has 1 aromatic rings.